The van der Waals surface area contributed by atoms with E-state index >= 15 is 0 Å². The molecule has 0 saturated carbocycles. The van der Waals surface area contributed by atoms with Gasteiger partial charge in [-0.15, -0.1) is 0 Å². The van der Waals surface area contributed by atoms with Crippen molar-refractivity contribution in [1.29, 1.82) is 5.26 Å². The highest BCUT2D eigenvalue weighted by atomic mass is 35.7. The number of nitriles is 1. The predicted octanol–water partition coefficient (Wildman–Crippen LogP) is 0.332. The molecule has 0 bridgehead atoms. The van der Waals surface area contributed by atoms with Gasteiger partial charge in [-0.1, -0.05) is 0 Å². The topological polar surface area (TPSA) is 70.4 Å². The third-order valence-electron chi connectivity index (χ3n) is 1.33. The second-order valence-corrected chi connectivity index (χ2v) is 4.75. The van der Waals surface area contributed by atoms with Crippen LogP contribution < -0.4 is 0 Å². The first-order valence-electron chi connectivity index (χ1n) is 3.58. The number of rotatable bonds is 6. The molecular weight excluding hydrogens is 216 g/mol. The highest BCUT2D eigenvalue weighted by Gasteiger charge is 2.17. The van der Waals surface area contributed by atoms with Gasteiger partial charge in [0.1, 0.15) is 0 Å². The summed E-state index contributed by atoms with van der Waals surface area (Å²) in [5.41, 5.74) is 0. The van der Waals surface area contributed by atoms with Crippen molar-refractivity contribution in [2.24, 2.45) is 0 Å². The number of hydrogen-bond acceptors (Lipinski definition) is 4. The molecule has 0 N–H and O–H groups in total. The van der Waals surface area contributed by atoms with Crippen molar-refractivity contribution in [3.05, 3.63) is 0 Å². The molecule has 7 heteroatoms. The summed E-state index contributed by atoms with van der Waals surface area (Å²) < 4.78 is 27.4. The molecule has 0 fully saturated rings. The molecule has 0 aliphatic rings. The van der Waals surface area contributed by atoms with E-state index in [1.165, 1.54) is 7.11 Å². The van der Waals surface area contributed by atoms with E-state index in [1.54, 1.807) is 0 Å². The van der Waals surface area contributed by atoms with Gasteiger partial charge in [0.25, 0.3) is 9.24 Å². The first kappa shape index (κ1) is 12.7. The van der Waals surface area contributed by atoms with Crippen LogP contribution in [-0.4, -0.2) is 39.5 Å². The first-order chi connectivity index (χ1) is 6.02. The molecule has 0 rings (SSSR count). The fraction of sp³-hybridized carbons (Fsp3) is 0.833. The van der Waals surface area contributed by atoms with Crippen LogP contribution in [0.4, 0.5) is 0 Å². The molecule has 0 aromatic carbocycles. The van der Waals surface area contributed by atoms with Gasteiger partial charge in [0.05, 0.1) is 12.7 Å². The minimum absolute atomic E-state index is 0.103. The Morgan fingerprint density at radius 2 is 2.15 bits per heavy atom. The second-order valence-electron chi connectivity index (χ2n) is 2.24. The van der Waals surface area contributed by atoms with E-state index in [0.29, 0.717) is 0 Å². The summed E-state index contributed by atoms with van der Waals surface area (Å²) in [6.07, 6.45) is 0.121. The van der Waals surface area contributed by atoms with Crippen molar-refractivity contribution < 1.29 is 13.2 Å². The summed E-state index contributed by atoms with van der Waals surface area (Å²) in [6, 6.07) is 1.84. The molecular formula is C6H11ClN2O3S. The largest absolute Gasteiger partial charge is 0.383 e. The molecule has 0 spiro atoms. The smallest absolute Gasteiger partial charge is 0.299 e. The van der Waals surface area contributed by atoms with Crippen LogP contribution in [0.25, 0.3) is 0 Å². The highest BCUT2D eigenvalue weighted by Crippen LogP contribution is 2.06. The molecule has 0 heterocycles. The van der Waals surface area contributed by atoms with Crippen molar-refractivity contribution in [3.8, 4) is 6.07 Å². The number of methoxy groups -OCH3 is 1. The van der Waals surface area contributed by atoms with E-state index in [0.717, 1.165) is 4.31 Å². The zero-order valence-corrected chi connectivity index (χ0v) is 8.81. The van der Waals surface area contributed by atoms with Gasteiger partial charge >= 0.3 is 0 Å². The van der Waals surface area contributed by atoms with Crippen LogP contribution in [0.3, 0.4) is 0 Å². The molecule has 0 aromatic rings. The molecule has 13 heavy (non-hydrogen) atoms. The molecule has 0 radical (unpaired) electrons. The molecule has 0 amide bonds. The van der Waals surface area contributed by atoms with E-state index < -0.39 is 9.24 Å². The summed E-state index contributed by atoms with van der Waals surface area (Å²) in [4.78, 5) is 0. The van der Waals surface area contributed by atoms with E-state index in [2.05, 4.69) is 0 Å². The van der Waals surface area contributed by atoms with E-state index in [-0.39, 0.29) is 26.1 Å². The monoisotopic (exact) mass is 226 g/mol. The van der Waals surface area contributed by atoms with Crippen molar-refractivity contribution in [3.63, 3.8) is 0 Å². The minimum Gasteiger partial charge on any atom is -0.383 e. The average molecular weight is 227 g/mol. The van der Waals surface area contributed by atoms with E-state index in [4.69, 9.17) is 20.7 Å². The first-order valence-corrected chi connectivity index (χ1v) is 5.84. The van der Waals surface area contributed by atoms with Crippen LogP contribution in [0.15, 0.2) is 0 Å². The summed E-state index contributed by atoms with van der Waals surface area (Å²) in [5, 5.41) is 8.26. The maximum Gasteiger partial charge on any atom is 0.299 e. The van der Waals surface area contributed by atoms with Crippen LogP contribution >= 0.6 is 10.7 Å². The van der Waals surface area contributed by atoms with Gasteiger partial charge in [-0.2, -0.15) is 18.0 Å². The summed E-state index contributed by atoms with van der Waals surface area (Å²) in [6.45, 7) is 0.535. The third kappa shape index (κ3) is 5.82. The van der Waals surface area contributed by atoms with Gasteiger partial charge < -0.3 is 4.74 Å². The lowest BCUT2D eigenvalue weighted by Gasteiger charge is -2.15. The molecule has 0 atom stereocenters. The van der Waals surface area contributed by atoms with E-state index in [9.17, 15) is 8.42 Å². The third-order valence-corrected chi connectivity index (χ3v) is 2.89. The van der Waals surface area contributed by atoms with Gasteiger partial charge in [0.2, 0.25) is 0 Å². The molecule has 0 aliphatic carbocycles. The number of hydrogen-bond donors (Lipinski definition) is 0. The quantitative estimate of drug-likeness (QED) is 0.612. The lowest BCUT2D eigenvalue weighted by Crippen LogP contribution is -2.31. The van der Waals surface area contributed by atoms with Crippen LogP contribution in [-0.2, 0) is 14.0 Å². The Bertz CT molecular complexity index is 272. The maximum absolute atomic E-state index is 10.9. The summed E-state index contributed by atoms with van der Waals surface area (Å²) in [7, 11) is 2.83. The molecule has 5 nitrogen and oxygen atoms in total. The van der Waals surface area contributed by atoms with Crippen molar-refractivity contribution in [2.45, 2.75) is 6.42 Å². The van der Waals surface area contributed by atoms with Gasteiger partial charge in [-0.05, 0) is 0 Å². The van der Waals surface area contributed by atoms with Crippen LogP contribution in [0.2, 0.25) is 0 Å². The molecule has 0 saturated heterocycles. The van der Waals surface area contributed by atoms with Crippen LogP contribution in [0.1, 0.15) is 6.42 Å². The van der Waals surface area contributed by atoms with Crippen molar-refractivity contribution >= 4 is 19.9 Å². The van der Waals surface area contributed by atoms with Crippen molar-refractivity contribution in [2.75, 3.05) is 26.8 Å². The number of ether oxygens (including phenoxy) is 1. The summed E-state index contributed by atoms with van der Waals surface area (Å²) >= 11 is 0. The Kier molecular flexibility index (Phi) is 5.99. The summed E-state index contributed by atoms with van der Waals surface area (Å²) in [5.74, 6) is 0. The predicted molar refractivity (Wildman–Crippen MR) is 48.5 cm³/mol. The molecule has 0 aromatic heterocycles. The molecule has 0 aliphatic heterocycles. The minimum atomic E-state index is -3.73. The average Bonchev–Trinajstić information content (AvgIpc) is 2.02. The maximum atomic E-state index is 10.9. The Morgan fingerprint density at radius 1 is 1.54 bits per heavy atom. The highest BCUT2D eigenvalue weighted by molar-refractivity contribution is 8.11. The SMILES string of the molecule is COCCN(CCC#N)S(=O)(=O)Cl. The Hall–Kier alpha value is -0.350. The van der Waals surface area contributed by atoms with E-state index in [1.807, 2.05) is 6.07 Å². The zero-order chi connectivity index (χ0) is 10.3. The Morgan fingerprint density at radius 3 is 2.54 bits per heavy atom. The van der Waals surface area contributed by atoms with Gasteiger partial charge in [-0.25, -0.2) is 0 Å². The van der Waals surface area contributed by atoms with Gasteiger partial charge in [0, 0.05) is 37.3 Å². The standard InChI is InChI=1S/C6H11ClN2O3S/c1-12-6-5-9(4-2-3-8)13(7,10)11/h2,4-6H2,1H3. The number of nitrogens with zero attached hydrogens (tertiary/aromatic N) is 2. The fourth-order valence-corrected chi connectivity index (χ4v) is 1.71. The normalized spacial score (nSPS) is 11.5. The van der Waals surface area contributed by atoms with Gasteiger partial charge in [-0.3, -0.25) is 0 Å². The lowest BCUT2D eigenvalue weighted by molar-refractivity contribution is 0.180. The zero-order valence-electron chi connectivity index (χ0n) is 7.23. The lowest BCUT2D eigenvalue weighted by atomic mass is 10.4. The Balaban J connectivity index is 4.14. The van der Waals surface area contributed by atoms with Crippen LogP contribution in [0.5, 0.6) is 0 Å². The Labute approximate surface area is 82.4 Å². The molecule has 0 unspecified atom stereocenters. The van der Waals surface area contributed by atoms with Gasteiger partial charge in [0.15, 0.2) is 0 Å². The second kappa shape index (κ2) is 6.16. The van der Waals surface area contributed by atoms with Crippen LogP contribution in [0, 0.1) is 11.3 Å². The number of halogens is 1. The van der Waals surface area contributed by atoms with Crippen molar-refractivity contribution in [1.82, 2.24) is 4.31 Å². The fourth-order valence-electron chi connectivity index (χ4n) is 0.698. The molecule has 76 valence electrons.